The number of carbonyl (C=O) groups excluding carboxylic acids is 3. The average molecular weight is 332 g/mol. The van der Waals surface area contributed by atoms with Gasteiger partial charge >= 0.3 is 57.8 Å². The number of carbonyl (C=O) groups is 4. The smallest absolute Gasteiger partial charge is 0.652 e. The van der Waals surface area contributed by atoms with E-state index in [0.29, 0.717) is 0 Å². The number of hydrogen-bond donors (Lipinski definition) is 2. The Hall–Kier alpha value is -1.18. The second kappa shape index (κ2) is 29.7. The average Bonchev–Trinajstić information content (AvgIpc) is 1.76. The van der Waals surface area contributed by atoms with E-state index in [1.165, 1.54) is 0 Å². The summed E-state index contributed by atoms with van der Waals surface area (Å²) in [5.74, 6) is 0. The summed E-state index contributed by atoms with van der Waals surface area (Å²) < 4.78 is 0. The van der Waals surface area contributed by atoms with Gasteiger partial charge in [-0.15, -0.1) is 0 Å². The first-order valence-corrected chi connectivity index (χ1v) is 2.49. The van der Waals surface area contributed by atoms with Crippen molar-refractivity contribution in [2.24, 2.45) is 0 Å². The fourth-order valence-electron chi connectivity index (χ4n) is 0. The summed E-state index contributed by atoms with van der Waals surface area (Å²) in [6, 6.07) is 0. The number of carboxylic acid groups (broad SMARTS) is 8. The van der Waals surface area contributed by atoms with Gasteiger partial charge in [0.15, 0.2) is 0 Å². The van der Waals surface area contributed by atoms with Gasteiger partial charge in [-0.3, -0.25) is 0 Å². The van der Waals surface area contributed by atoms with E-state index < -0.39 is 24.6 Å². The molecule has 0 atom stereocenters. The van der Waals surface area contributed by atoms with Crippen LogP contribution in [0.15, 0.2) is 0 Å². The van der Waals surface area contributed by atoms with Crippen molar-refractivity contribution in [2.45, 2.75) is 0 Å². The van der Waals surface area contributed by atoms with Crippen LogP contribution in [0.2, 0.25) is 0 Å². The van der Waals surface area contributed by atoms with Crippen molar-refractivity contribution < 1.29 is 112 Å². The van der Waals surface area contributed by atoms with Gasteiger partial charge in [0.1, 0.15) is 0 Å². The molecule has 0 aromatic rings. The van der Waals surface area contributed by atoms with E-state index in [1.807, 2.05) is 0 Å². The fraction of sp³-hybridized carbons (Fsp3) is 0. The van der Waals surface area contributed by atoms with E-state index in [-0.39, 0.29) is 51.7 Å². The predicted molar refractivity (Wildman–Crippen MR) is 26.8 cm³/mol. The summed E-state index contributed by atoms with van der Waals surface area (Å²) in [6.45, 7) is 0. The van der Waals surface area contributed by atoms with Crippen molar-refractivity contribution in [3.63, 3.8) is 0 Å². The Morgan fingerprint density at radius 3 is 0.556 bits per heavy atom. The first kappa shape index (κ1) is 36.0. The fourth-order valence-corrected chi connectivity index (χ4v) is 0. The third kappa shape index (κ3) is 2030. The van der Waals surface area contributed by atoms with Crippen LogP contribution in [0.4, 0.5) is 19.2 Å². The Balaban J connectivity index is -0.0000000257. The molecule has 0 bridgehead atoms. The second-order valence-electron chi connectivity index (χ2n) is 1.03. The van der Waals surface area contributed by atoms with Crippen molar-refractivity contribution in [1.29, 1.82) is 0 Å². The molecular formula is C4H2O12Sc2. The standard InChI is InChI=1S/4CH2O3.2Sc/c4*2-1(3)4;;/h4*(H2,2,3,4);;/q;;;;2*+3/p-6. The minimum atomic E-state index is -2.33. The first-order chi connectivity index (χ1) is 6.93. The minimum absolute atomic E-state index is 0. The van der Waals surface area contributed by atoms with Gasteiger partial charge in [-0.25, -0.2) is 4.79 Å². The maximum absolute atomic E-state index is 8.56. The summed E-state index contributed by atoms with van der Waals surface area (Å²) in [5, 5.41) is 63.9. The van der Waals surface area contributed by atoms with Gasteiger partial charge < -0.3 is 55.2 Å². The molecule has 0 aromatic heterocycles. The Morgan fingerprint density at radius 1 is 0.556 bits per heavy atom. The molecule has 0 unspecified atom stereocenters. The molecule has 0 aliphatic rings. The Morgan fingerprint density at radius 2 is 0.556 bits per heavy atom. The minimum Gasteiger partial charge on any atom is -0.652 e. The van der Waals surface area contributed by atoms with Gasteiger partial charge in [-0.05, 0) is 18.5 Å². The van der Waals surface area contributed by atoms with E-state index >= 15 is 0 Å². The molecule has 0 aromatic carbocycles. The van der Waals surface area contributed by atoms with Crippen LogP contribution in [0, 0.1) is 0 Å². The normalized spacial score (nSPS) is 5.33. The summed E-state index contributed by atoms with van der Waals surface area (Å²) in [6.07, 6.45) is -8.83. The molecule has 0 spiro atoms. The van der Waals surface area contributed by atoms with Crippen molar-refractivity contribution in [3.05, 3.63) is 0 Å². The van der Waals surface area contributed by atoms with Crippen LogP contribution in [0.3, 0.4) is 0 Å². The molecule has 12 nitrogen and oxygen atoms in total. The third-order valence-corrected chi connectivity index (χ3v) is 0. The van der Waals surface area contributed by atoms with Gasteiger partial charge in [0, 0.05) is 0 Å². The molecule has 0 amide bonds. The molecule has 0 saturated heterocycles. The molecule has 18 heavy (non-hydrogen) atoms. The predicted octanol–water partition coefficient (Wildman–Crippen LogP) is -7.12. The molecule has 0 aliphatic heterocycles. The Bertz CT molecular complexity index is 162. The summed E-state index contributed by atoms with van der Waals surface area (Å²) >= 11 is 0. The zero-order chi connectivity index (χ0) is 14.3. The van der Waals surface area contributed by atoms with Crippen LogP contribution in [0.1, 0.15) is 0 Å². The molecule has 96 valence electrons. The number of rotatable bonds is 0. The SMILES string of the molecule is O=C(O)O.O=C([O-])[O-].O=C([O-])[O-].O=C([O-])[O-].[Sc+3].[Sc+3]. The van der Waals surface area contributed by atoms with Crippen molar-refractivity contribution in [3.8, 4) is 0 Å². The van der Waals surface area contributed by atoms with E-state index in [4.69, 9.17) is 60.0 Å². The topological polar surface area (TPSA) is 247 Å². The molecule has 0 radical (unpaired) electrons. The van der Waals surface area contributed by atoms with Gasteiger partial charge in [-0.1, -0.05) is 0 Å². The van der Waals surface area contributed by atoms with Gasteiger partial charge in [0.25, 0.3) is 0 Å². The van der Waals surface area contributed by atoms with E-state index in [0.717, 1.165) is 0 Å². The molecule has 0 aliphatic carbocycles. The van der Waals surface area contributed by atoms with E-state index in [2.05, 4.69) is 0 Å². The first-order valence-electron chi connectivity index (χ1n) is 2.49. The Labute approximate surface area is 136 Å². The second-order valence-corrected chi connectivity index (χ2v) is 1.03. The molecule has 0 rings (SSSR count). The van der Waals surface area contributed by atoms with Crippen molar-refractivity contribution in [2.75, 3.05) is 0 Å². The van der Waals surface area contributed by atoms with E-state index in [1.54, 1.807) is 0 Å². The van der Waals surface area contributed by atoms with Crippen LogP contribution < -0.4 is 30.6 Å². The monoisotopic (exact) mass is 332 g/mol. The molecular weight excluding hydrogens is 330 g/mol. The molecule has 0 fully saturated rings. The molecule has 0 saturated carbocycles. The van der Waals surface area contributed by atoms with Crippen LogP contribution in [0.5, 0.6) is 0 Å². The molecule has 2 N–H and O–H groups in total. The summed E-state index contributed by atoms with van der Waals surface area (Å²) in [5.41, 5.74) is 0. The zero-order valence-corrected chi connectivity index (χ0v) is 11.7. The van der Waals surface area contributed by atoms with Crippen LogP contribution >= 0.6 is 0 Å². The Kier molecular flexibility index (Phi) is 59.3. The van der Waals surface area contributed by atoms with E-state index in [9.17, 15) is 0 Å². The van der Waals surface area contributed by atoms with Gasteiger partial charge in [0.2, 0.25) is 0 Å². The van der Waals surface area contributed by atoms with Crippen LogP contribution in [-0.4, -0.2) is 34.8 Å². The maximum Gasteiger partial charge on any atom is 3.00 e. The van der Waals surface area contributed by atoms with Crippen LogP contribution in [0.25, 0.3) is 0 Å². The molecule has 0 heterocycles. The summed E-state index contributed by atoms with van der Waals surface area (Å²) in [7, 11) is 0. The van der Waals surface area contributed by atoms with Gasteiger partial charge in [0.05, 0.1) is 0 Å². The molecule has 14 heteroatoms. The van der Waals surface area contributed by atoms with Crippen LogP contribution in [-0.2, 0) is 51.7 Å². The van der Waals surface area contributed by atoms with Crippen molar-refractivity contribution >= 4 is 24.6 Å². The van der Waals surface area contributed by atoms with Crippen molar-refractivity contribution in [1.82, 2.24) is 0 Å². The largest absolute Gasteiger partial charge is 3.00 e. The quantitative estimate of drug-likeness (QED) is 0.419. The maximum atomic E-state index is 8.56. The number of hydrogen-bond acceptors (Lipinski definition) is 10. The summed E-state index contributed by atoms with van der Waals surface area (Å²) in [4.78, 5) is 33.6. The van der Waals surface area contributed by atoms with Gasteiger partial charge in [-0.2, -0.15) is 0 Å². The third-order valence-electron chi connectivity index (χ3n) is 0. The zero-order valence-electron chi connectivity index (χ0n) is 8.13.